The monoisotopic (exact) mass is 196 g/mol. The molecule has 0 unspecified atom stereocenters. The van der Waals surface area contributed by atoms with Crippen molar-refractivity contribution in [2.24, 2.45) is 0 Å². The first-order valence-corrected chi connectivity index (χ1v) is 4.82. The van der Waals surface area contributed by atoms with Crippen LogP contribution in [0.2, 0.25) is 0 Å². The molecule has 1 aromatic rings. The van der Waals surface area contributed by atoms with Gasteiger partial charge in [0.25, 0.3) is 5.82 Å². The van der Waals surface area contributed by atoms with Crippen LogP contribution in [0.15, 0.2) is 4.52 Å². The third-order valence-electron chi connectivity index (χ3n) is 2.35. The Morgan fingerprint density at radius 1 is 1.64 bits per heavy atom. The third-order valence-corrected chi connectivity index (χ3v) is 2.35. The van der Waals surface area contributed by atoms with Gasteiger partial charge < -0.3 is 9.26 Å². The SMILES string of the molecule is CCOC(=O)c1noc(C2CCC2)n1. The average molecular weight is 196 g/mol. The van der Waals surface area contributed by atoms with Gasteiger partial charge in [-0.3, -0.25) is 0 Å². The van der Waals surface area contributed by atoms with E-state index in [9.17, 15) is 4.79 Å². The molecular weight excluding hydrogens is 184 g/mol. The fraction of sp³-hybridized carbons (Fsp3) is 0.667. The van der Waals surface area contributed by atoms with Crippen LogP contribution in [-0.4, -0.2) is 22.7 Å². The van der Waals surface area contributed by atoms with Crippen molar-refractivity contribution in [2.45, 2.75) is 32.1 Å². The summed E-state index contributed by atoms with van der Waals surface area (Å²) in [5.74, 6) is 0.445. The fourth-order valence-corrected chi connectivity index (χ4v) is 1.33. The van der Waals surface area contributed by atoms with Crippen molar-refractivity contribution in [3.8, 4) is 0 Å². The Balaban J connectivity index is 2.05. The molecule has 0 N–H and O–H groups in total. The zero-order valence-corrected chi connectivity index (χ0v) is 8.02. The summed E-state index contributed by atoms with van der Waals surface area (Å²) in [6.07, 6.45) is 3.34. The highest BCUT2D eigenvalue weighted by atomic mass is 16.5. The molecule has 5 heteroatoms. The molecule has 1 aromatic heterocycles. The summed E-state index contributed by atoms with van der Waals surface area (Å²) in [5, 5.41) is 3.58. The molecule has 5 nitrogen and oxygen atoms in total. The lowest BCUT2D eigenvalue weighted by atomic mass is 9.85. The van der Waals surface area contributed by atoms with E-state index >= 15 is 0 Å². The van der Waals surface area contributed by atoms with E-state index in [1.165, 1.54) is 6.42 Å². The van der Waals surface area contributed by atoms with E-state index in [2.05, 4.69) is 10.1 Å². The molecule has 0 spiro atoms. The number of esters is 1. The van der Waals surface area contributed by atoms with Crippen molar-refractivity contribution in [3.05, 3.63) is 11.7 Å². The number of rotatable bonds is 3. The van der Waals surface area contributed by atoms with Crippen molar-refractivity contribution < 1.29 is 14.1 Å². The van der Waals surface area contributed by atoms with E-state index in [0.717, 1.165) is 12.8 Å². The first-order chi connectivity index (χ1) is 6.81. The Hall–Kier alpha value is -1.39. The minimum Gasteiger partial charge on any atom is -0.460 e. The molecule has 0 aromatic carbocycles. The standard InChI is InChI=1S/C9H12N2O3/c1-2-13-9(12)7-10-8(14-11-7)6-4-3-5-6/h6H,2-5H2,1H3. The molecule has 0 saturated heterocycles. The van der Waals surface area contributed by atoms with Gasteiger partial charge in [-0.1, -0.05) is 6.42 Å². The molecule has 1 fully saturated rings. The zero-order chi connectivity index (χ0) is 9.97. The number of hydrogen-bond donors (Lipinski definition) is 0. The predicted molar refractivity (Wildman–Crippen MR) is 46.8 cm³/mol. The second-order valence-electron chi connectivity index (χ2n) is 3.30. The van der Waals surface area contributed by atoms with E-state index in [0.29, 0.717) is 18.4 Å². The molecule has 2 rings (SSSR count). The first-order valence-electron chi connectivity index (χ1n) is 4.82. The Morgan fingerprint density at radius 3 is 3.00 bits per heavy atom. The molecule has 1 aliphatic carbocycles. The lowest BCUT2D eigenvalue weighted by Crippen LogP contribution is -2.10. The van der Waals surface area contributed by atoms with Crippen LogP contribution in [0.4, 0.5) is 0 Å². The van der Waals surface area contributed by atoms with Gasteiger partial charge in [-0.05, 0) is 24.9 Å². The average Bonchev–Trinajstić information content (AvgIpc) is 2.50. The van der Waals surface area contributed by atoms with Crippen LogP contribution in [0.25, 0.3) is 0 Å². The number of carbonyl (C=O) groups is 1. The van der Waals surface area contributed by atoms with Crippen LogP contribution in [0, 0.1) is 0 Å². The summed E-state index contributed by atoms with van der Waals surface area (Å²) in [6, 6.07) is 0. The van der Waals surface area contributed by atoms with E-state index < -0.39 is 5.97 Å². The maximum Gasteiger partial charge on any atom is 0.379 e. The predicted octanol–water partition coefficient (Wildman–Crippen LogP) is 1.51. The summed E-state index contributed by atoms with van der Waals surface area (Å²) in [4.78, 5) is 15.2. The van der Waals surface area contributed by atoms with Crippen LogP contribution < -0.4 is 0 Å². The van der Waals surface area contributed by atoms with Crippen LogP contribution in [0.5, 0.6) is 0 Å². The fourth-order valence-electron chi connectivity index (χ4n) is 1.33. The molecular formula is C9H12N2O3. The van der Waals surface area contributed by atoms with Crippen molar-refractivity contribution in [3.63, 3.8) is 0 Å². The van der Waals surface area contributed by atoms with Gasteiger partial charge in [-0.25, -0.2) is 4.79 Å². The maximum atomic E-state index is 11.2. The molecule has 1 heterocycles. The molecule has 0 atom stereocenters. The topological polar surface area (TPSA) is 65.2 Å². The van der Waals surface area contributed by atoms with Gasteiger partial charge in [0.1, 0.15) is 0 Å². The van der Waals surface area contributed by atoms with Gasteiger partial charge >= 0.3 is 5.97 Å². The lowest BCUT2D eigenvalue weighted by molar-refractivity contribution is 0.0508. The molecule has 1 saturated carbocycles. The van der Waals surface area contributed by atoms with Crippen molar-refractivity contribution in [2.75, 3.05) is 6.61 Å². The molecule has 0 aliphatic heterocycles. The van der Waals surface area contributed by atoms with Crippen LogP contribution in [0.3, 0.4) is 0 Å². The van der Waals surface area contributed by atoms with Gasteiger partial charge in [0.2, 0.25) is 5.89 Å². The molecule has 76 valence electrons. The quantitative estimate of drug-likeness (QED) is 0.685. The first kappa shape index (κ1) is 9.18. The minimum atomic E-state index is -0.512. The highest BCUT2D eigenvalue weighted by molar-refractivity contribution is 5.84. The molecule has 0 bridgehead atoms. The Morgan fingerprint density at radius 2 is 2.43 bits per heavy atom. The molecule has 1 aliphatic rings. The minimum absolute atomic E-state index is 0.0359. The van der Waals surface area contributed by atoms with Gasteiger partial charge in [-0.15, -0.1) is 0 Å². The van der Waals surface area contributed by atoms with Crippen LogP contribution >= 0.6 is 0 Å². The van der Waals surface area contributed by atoms with Crippen LogP contribution in [0.1, 0.15) is 48.6 Å². The highest BCUT2D eigenvalue weighted by Crippen LogP contribution is 2.35. The second-order valence-corrected chi connectivity index (χ2v) is 3.30. The zero-order valence-electron chi connectivity index (χ0n) is 8.02. The Bertz CT molecular complexity index is 331. The third kappa shape index (κ3) is 1.62. The van der Waals surface area contributed by atoms with Crippen molar-refractivity contribution >= 4 is 5.97 Å². The summed E-state index contributed by atoms with van der Waals surface area (Å²) in [7, 11) is 0. The number of nitrogens with zero attached hydrogens (tertiary/aromatic N) is 2. The van der Waals surface area contributed by atoms with Gasteiger partial charge in [0, 0.05) is 5.92 Å². The van der Waals surface area contributed by atoms with Crippen molar-refractivity contribution in [1.82, 2.24) is 10.1 Å². The highest BCUT2D eigenvalue weighted by Gasteiger charge is 2.27. The maximum absolute atomic E-state index is 11.2. The number of aromatic nitrogens is 2. The van der Waals surface area contributed by atoms with E-state index in [-0.39, 0.29) is 5.82 Å². The second kappa shape index (κ2) is 3.77. The Kier molecular flexibility index (Phi) is 2.47. The van der Waals surface area contributed by atoms with E-state index in [1.807, 2.05) is 0 Å². The molecule has 0 radical (unpaired) electrons. The number of carbonyl (C=O) groups excluding carboxylic acids is 1. The molecule has 14 heavy (non-hydrogen) atoms. The normalized spacial score (nSPS) is 16.4. The number of ether oxygens (including phenoxy) is 1. The lowest BCUT2D eigenvalue weighted by Gasteiger charge is -2.20. The van der Waals surface area contributed by atoms with E-state index in [4.69, 9.17) is 9.26 Å². The summed E-state index contributed by atoms with van der Waals surface area (Å²) < 4.78 is 9.72. The molecule has 0 amide bonds. The largest absolute Gasteiger partial charge is 0.460 e. The summed E-state index contributed by atoms with van der Waals surface area (Å²) >= 11 is 0. The van der Waals surface area contributed by atoms with E-state index in [1.54, 1.807) is 6.92 Å². The van der Waals surface area contributed by atoms with Crippen LogP contribution in [-0.2, 0) is 4.74 Å². The Labute approximate surface area is 81.4 Å². The van der Waals surface area contributed by atoms with Gasteiger partial charge in [-0.2, -0.15) is 4.98 Å². The van der Waals surface area contributed by atoms with Gasteiger partial charge in [0.05, 0.1) is 6.61 Å². The van der Waals surface area contributed by atoms with Gasteiger partial charge in [0.15, 0.2) is 0 Å². The number of hydrogen-bond acceptors (Lipinski definition) is 5. The summed E-state index contributed by atoms with van der Waals surface area (Å²) in [5.41, 5.74) is 0. The van der Waals surface area contributed by atoms with Crippen molar-refractivity contribution in [1.29, 1.82) is 0 Å². The smallest absolute Gasteiger partial charge is 0.379 e. The summed E-state index contributed by atoms with van der Waals surface area (Å²) in [6.45, 7) is 2.07.